The van der Waals surface area contributed by atoms with Crippen molar-refractivity contribution in [3.05, 3.63) is 59.7 Å². The summed E-state index contributed by atoms with van der Waals surface area (Å²) in [4.78, 5) is 11.0. The summed E-state index contributed by atoms with van der Waals surface area (Å²) in [6.45, 7) is 7.30. The molecule has 2 saturated heterocycles. The molecule has 0 radical (unpaired) electrons. The first-order valence-electron chi connectivity index (χ1n) is 9.49. The van der Waals surface area contributed by atoms with Crippen molar-refractivity contribution in [2.75, 3.05) is 26.3 Å². The Kier molecular flexibility index (Phi) is 5.29. The molecule has 2 aliphatic heterocycles. The largest absolute Gasteiger partial charge is 0.375 e. The van der Waals surface area contributed by atoms with E-state index in [1.165, 1.54) is 5.56 Å². The van der Waals surface area contributed by atoms with E-state index in [0.717, 1.165) is 57.1 Å². The first-order valence-corrected chi connectivity index (χ1v) is 9.49. The lowest BCUT2D eigenvalue weighted by molar-refractivity contribution is -0.139. The van der Waals surface area contributed by atoms with Crippen LogP contribution in [-0.4, -0.2) is 46.8 Å². The number of rotatable bonds is 7. The van der Waals surface area contributed by atoms with E-state index in [1.54, 1.807) is 0 Å². The smallest absolute Gasteiger partial charge is 0.0964 e. The maximum atomic E-state index is 6.17. The Morgan fingerprint density at radius 1 is 1.23 bits per heavy atom. The molecule has 0 bridgehead atoms. The van der Waals surface area contributed by atoms with Crippen LogP contribution in [0.5, 0.6) is 0 Å². The number of ether oxygens (including phenoxy) is 2. The van der Waals surface area contributed by atoms with Crippen molar-refractivity contribution in [3.63, 3.8) is 0 Å². The summed E-state index contributed by atoms with van der Waals surface area (Å²) >= 11 is 0. The number of hydrogen-bond acceptors (Lipinski definition) is 5. The molecule has 0 aliphatic carbocycles. The molecule has 4 rings (SSSR count). The minimum Gasteiger partial charge on any atom is -0.375 e. The van der Waals surface area contributed by atoms with Gasteiger partial charge in [0.25, 0.3) is 0 Å². The number of hydrogen-bond donors (Lipinski definition) is 0. The molecule has 0 amide bonds. The number of pyridine rings is 2. The van der Waals surface area contributed by atoms with Gasteiger partial charge in [0.1, 0.15) is 0 Å². The Balaban J connectivity index is 1.22. The number of likely N-dealkylation sites (tertiary alicyclic amines) is 1. The molecule has 1 atom stereocenters. The van der Waals surface area contributed by atoms with Gasteiger partial charge < -0.3 is 9.47 Å². The Bertz CT molecular complexity index is 716. The van der Waals surface area contributed by atoms with Gasteiger partial charge in [0.15, 0.2) is 0 Å². The van der Waals surface area contributed by atoms with Crippen LogP contribution >= 0.6 is 0 Å². The Morgan fingerprint density at radius 2 is 2.08 bits per heavy atom. The molecule has 1 spiro atoms. The van der Waals surface area contributed by atoms with Crippen LogP contribution in [0.4, 0.5) is 0 Å². The van der Waals surface area contributed by atoms with Crippen molar-refractivity contribution in [1.29, 1.82) is 0 Å². The molecular weight excluding hydrogens is 326 g/mol. The summed E-state index contributed by atoms with van der Waals surface area (Å²) in [6, 6.07) is 10.2. The quantitative estimate of drug-likeness (QED) is 0.716. The second kappa shape index (κ2) is 7.82. The van der Waals surface area contributed by atoms with Crippen LogP contribution < -0.4 is 0 Å². The second-order valence-corrected chi connectivity index (χ2v) is 7.51. The predicted molar refractivity (Wildman–Crippen MR) is 99.6 cm³/mol. The third-order valence-corrected chi connectivity index (χ3v) is 5.54. The molecule has 0 aromatic carbocycles. The molecule has 0 unspecified atom stereocenters. The highest BCUT2D eigenvalue weighted by Crippen LogP contribution is 2.42. The molecule has 2 aliphatic rings. The van der Waals surface area contributed by atoms with E-state index in [0.29, 0.717) is 12.5 Å². The average Bonchev–Trinajstić information content (AvgIpc) is 3.03. The van der Waals surface area contributed by atoms with Crippen molar-refractivity contribution < 1.29 is 9.47 Å². The molecule has 5 nitrogen and oxygen atoms in total. The number of nitrogens with zero attached hydrogens (tertiary/aromatic N) is 3. The lowest BCUT2D eigenvalue weighted by Gasteiger charge is -2.50. The third-order valence-electron chi connectivity index (χ3n) is 5.54. The van der Waals surface area contributed by atoms with E-state index in [1.807, 2.05) is 37.5 Å². The zero-order chi connectivity index (χ0) is 17.8. The van der Waals surface area contributed by atoms with Crippen LogP contribution in [0.3, 0.4) is 0 Å². The first-order chi connectivity index (χ1) is 12.7. The fourth-order valence-corrected chi connectivity index (χ4v) is 4.19. The van der Waals surface area contributed by atoms with E-state index >= 15 is 0 Å². The Hall–Kier alpha value is -1.82. The maximum absolute atomic E-state index is 6.17. The molecular formula is C21H27N3O2. The van der Waals surface area contributed by atoms with Gasteiger partial charge in [0.05, 0.1) is 17.9 Å². The highest BCUT2D eigenvalue weighted by molar-refractivity contribution is 5.13. The summed E-state index contributed by atoms with van der Waals surface area (Å²) in [5.41, 5.74) is 3.42. The summed E-state index contributed by atoms with van der Waals surface area (Å²) in [5, 5.41) is 0. The predicted octanol–water partition coefficient (Wildman–Crippen LogP) is 2.98. The van der Waals surface area contributed by atoms with Crippen LogP contribution in [0, 0.1) is 12.8 Å². The minimum atomic E-state index is 0.0535. The molecule has 4 heterocycles. The van der Waals surface area contributed by atoms with Crippen LogP contribution in [0.1, 0.15) is 29.8 Å². The molecule has 2 fully saturated rings. The first kappa shape index (κ1) is 17.6. The van der Waals surface area contributed by atoms with Gasteiger partial charge >= 0.3 is 0 Å². The fraction of sp³-hybridized carbons (Fsp3) is 0.524. The molecule has 0 saturated carbocycles. The number of aromatic nitrogens is 2. The van der Waals surface area contributed by atoms with E-state index in [9.17, 15) is 0 Å². The van der Waals surface area contributed by atoms with Gasteiger partial charge in [-0.2, -0.15) is 0 Å². The van der Waals surface area contributed by atoms with E-state index in [-0.39, 0.29) is 5.60 Å². The van der Waals surface area contributed by atoms with Crippen molar-refractivity contribution in [1.82, 2.24) is 14.9 Å². The van der Waals surface area contributed by atoms with Gasteiger partial charge in [0, 0.05) is 50.9 Å². The molecule has 26 heavy (non-hydrogen) atoms. The highest BCUT2D eigenvalue weighted by Gasteiger charge is 2.52. The summed E-state index contributed by atoms with van der Waals surface area (Å²) < 4.78 is 12.0. The van der Waals surface area contributed by atoms with Crippen molar-refractivity contribution in [3.8, 4) is 0 Å². The van der Waals surface area contributed by atoms with Gasteiger partial charge in [0.2, 0.25) is 0 Å². The zero-order valence-electron chi connectivity index (χ0n) is 15.4. The monoisotopic (exact) mass is 353 g/mol. The van der Waals surface area contributed by atoms with Gasteiger partial charge in [-0.25, -0.2) is 0 Å². The standard InChI is InChI=1S/C21H27N3O2/c1-17-3-2-4-20(23-17)14-25-11-7-19-8-12-26-21(19)15-24(16-21)13-18-5-9-22-10-6-18/h2-6,9-10,19H,7-8,11-16H2,1H3/t19-/m1/s1. The highest BCUT2D eigenvalue weighted by atomic mass is 16.5. The van der Waals surface area contributed by atoms with Gasteiger partial charge in [-0.3, -0.25) is 14.9 Å². The van der Waals surface area contributed by atoms with Gasteiger partial charge in [-0.05, 0) is 55.5 Å². The third kappa shape index (κ3) is 3.95. The summed E-state index contributed by atoms with van der Waals surface area (Å²) in [5.74, 6) is 0.599. The lowest BCUT2D eigenvalue weighted by Crippen LogP contribution is -2.64. The van der Waals surface area contributed by atoms with Crippen LogP contribution in [0.15, 0.2) is 42.7 Å². The van der Waals surface area contributed by atoms with Gasteiger partial charge in [-0.15, -0.1) is 0 Å². The zero-order valence-corrected chi connectivity index (χ0v) is 15.4. The molecule has 2 aromatic heterocycles. The molecule has 2 aromatic rings. The normalized spacial score (nSPS) is 21.8. The average molecular weight is 353 g/mol. The van der Waals surface area contributed by atoms with E-state index in [4.69, 9.17) is 9.47 Å². The Morgan fingerprint density at radius 3 is 2.88 bits per heavy atom. The minimum absolute atomic E-state index is 0.0535. The van der Waals surface area contributed by atoms with Crippen LogP contribution in [0.25, 0.3) is 0 Å². The van der Waals surface area contributed by atoms with E-state index < -0.39 is 0 Å². The van der Waals surface area contributed by atoms with Crippen LogP contribution in [-0.2, 0) is 22.6 Å². The summed E-state index contributed by atoms with van der Waals surface area (Å²) in [7, 11) is 0. The SMILES string of the molecule is Cc1cccc(COCC[C@@H]2CCOC23CN(Cc2ccncc2)C3)n1. The van der Waals surface area contributed by atoms with E-state index in [2.05, 4.69) is 27.0 Å². The van der Waals surface area contributed by atoms with Gasteiger partial charge in [-0.1, -0.05) is 6.07 Å². The van der Waals surface area contributed by atoms with Crippen molar-refractivity contribution in [2.24, 2.45) is 5.92 Å². The molecule has 5 heteroatoms. The van der Waals surface area contributed by atoms with Crippen molar-refractivity contribution in [2.45, 2.75) is 38.5 Å². The fourth-order valence-electron chi connectivity index (χ4n) is 4.19. The number of aryl methyl sites for hydroxylation is 1. The molecule has 138 valence electrons. The van der Waals surface area contributed by atoms with Crippen LogP contribution in [0.2, 0.25) is 0 Å². The topological polar surface area (TPSA) is 47.5 Å². The molecule has 0 N–H and O–H groups in total. The lowest BCUT2D eigenvalue weighted by atomic mass is 9.79. The summed E-state index contributed by atoms with van der Waals surface area (Å²) in [6.07, 6.45) is 5.93. The second-order valence-electron chi connectivity index (χ2n) is 7.51. The van der Waals surface area contributed by atoms with Crippen molar-refractivity contribution >= 4 is 0 Å². The maximum Gasteiger partial charge on any atom is 0.0964 e. The Labute approximate surface area is 155 Å².